The van der Waals surface area contributed by atoms with Crippen molar-refractivity contribution in [2.45, 2.75) is 45.1 Å². The summed E-state index contributed by atoms with van der Waals surface area (Å²) >= 11 is 0. The number of rotatable bonds is 7. The molecule has 0 aromatic heterocycles. The van der Waals surface area contributed by atoms with E-state index in [1.807, 2.05) is 12.1 Å². The van der Waals surface area contributed by atoms with Crippen LogP contribution in [-0.2, 0) is 6.42 Å². The van der Waals surface area contributed by atoms with Crippen LogP contribution < -0.4 is 0 Å². The van der Waals surface area contributed by atoms with Gasteiger partial charge in [-0.1, -0.05) is 37.6 Å². The normalized spacial score (nSPS) is 12.7. The monoisotopic (exact) mass is 222 g/mol. The quantitative estimate of drug-likeness (QED) is 0.696. The van der Waals surface area contributed by atoms with Crippen molar-refractivity contribution in [3.05, 3.63) is 35.4 Å². The van der Waals surface area contributed by atoms with Crippen LogP contribution in [0.2, 0.25) is 0 Å². The minimum atomic E-state index is -0.331. The SMILES string of the molecule is CCCC(O)c1cccc(CCCCO)c1. The van der Waals surface area contributed by atoms with E-state index in [1.54, 1.807) is 0 Å². The molecule has 0 amide bonds. The van der Waals surface area contributed by atoms with Crippen molar-refractivity contribution in [1.29, 1.82) is 0 Å². The fourth-order valence-corrected chi connectivity index (χ4v) is 1.84. The summed E-state index contributed by atoms with van der Waals surface area (Å²) in [5, 5.41) is 18.6. The maximum absolute atomic E-state index is 9.88. The molecule has 0 aliphatic rings. The third-order valence-electron chi connectivity index (χ3n) is 2.77. The van der Waals surface area contributed by atoms with Crippen molar-refractivity contribution in [1.82, 2.24) is 0 Å². The predicted octanol–water partition coefficient (Wildman–Crippen LogP) is 2.84. The molecule has 0 aliphatic heterocycles. The summed E-state index contributed by atoms with van der Waals surface area (Å²) in [6.07, 6.45) is 4.32. The van der Waals surface area contributed by atoms with Crippen molar-refractivity contribution < 1.29 is 10.2 Å². The van der Waals surface area contributed by atoms with Crippen LogP contribution in [0.25, 0.3) is 0 Å². The molecule has 1 unspecified atom stereocenters. The van der Waals surface area contributed by atoms with Gasteiger partial charge in [-0.3, -0.25) is 0 Å². The summed E-state index contributed by atoms with van der Waals surface area (Å²) in [5.41, 5.74) is 2.27. The van der Waals surface area contributed by atoms with Gasteiger partial charge in [0, 0.05) is 6.61 Å². The Bertz CT molecular complexity index is 297. The van der Waals surface area contributed by atoms with Gasteiger partial charge in [0.25, 0.3) is 0 Å². The largest absolute Gasteiger partial charge is 0.396 e. The topological polar surface area (TPSA) is 40.5 Å². The van der Waals surface area contributed by atoms with E-state index in [9.17, 15) is 5.11 Å². The number of aliphatic hydroxyl groups excluding tert-OH is 2. The molecule has 0 heterocycles. The van der Waals surface area contributed by atoms with Gasteiger partial charge in [0.15, 0.2) is 0 Å². The van der Waals surface area contributed by atoms with Crippen molar-refractivity contribution in [3.8, 4) is 0 Å². The smallest absolute Gasteiger partial charge is 0.0790 e. The molecular weight excluding hydrogens is 200 g/mol. The lowest BCUT2D eigenvalue weighted by Crippen LogP contribution is -1.98. The molecule has 0 saturated heterocycles. The van der Waals surface area contributed by atoms with E-state index < -0.39 is 0 Å². The molecule has 0 aliphatic carbocycles. The minimum absolute atomic E-state index is 0.262. The molecule has 0 fully saturated rings. The average Bonchev–Trinajstić information content (AvgIpc) is 2.30. The van der Waals surface area contributed by atoms with E-state index in [1.165, 1.54) is 5.56 Å². The Morgan fingerprint density at radius 3 is 2.75 bits per heavy atom. The molecule has 1 atom stereocenters. The Balaban J connectivity index is 2.56. The standard InChI is InChI=1S/C14H22O2/c1-2-6-14(16)13-9-5-8-12(11-13)7-3-4-10-15/h5,8-9,11,14-16H,2-4,6-7,10H2,1H3. The molecule has 2 heteroatoms. The Kier molecular flexibility index (Phi) is 6.12. The van der Waals surface area contributed by atoms with Crippen molar-refractivity contribution >= 4 is 0 Å². The van der Waals surface area contributed by atoms with E-state index in [4.69, 9.17) is 5.11 Å². The van der Waals surface area contributed by atoms with Crippen LogP contribution in [-0.4, -0.2) is 16.8 Å². The summed E-state index contributed by atoms with van der Waals surface area (Å²) in [6, 6.07) is 8.15. The predicted molar refractivity (Wildman–Crippen MR) is 66.3 cm³/mol. The first-order valence-corrected chi connectivity index (χ1v) is 6.15. The molecule has 1 rings (SSSR count). The van der Waals surface area contributed by atoms with Crippen LogP contribution in [0.3, 0.4) is 0 Å². The third kappa shape index (κ3) is 4.33. The highest BCUT2D eigenvalue weighted by molar-refractivity contribution is 5.25. The maximum atomic E-state index is 9.88. The molecule has 2 nitrogen and oxygen atoms in total. The van der Waals surface area contributed by atoms with Gasteiger partial charge in [0.05, 0.1) is 6.10 Å². The Morgan fingerprint density at radius 2 is 2.06 bits per heavy atom. The number of unbranched alkanes of at least 4 members (excludes halogenated alkanes) is 1. The molecule has 0 saturated carbocycles. The van der Waals surface area contributed by atoms with E-state index in [-0.39, 0.29) is 12.7 Å². The van der Waals surface area contributed by atoms with Gasteiger partial charge in [-0.05, 0) is 36.8 Å². The van der Waals surface area contributed by atoms with Crippen LogP contribution in [0.5, 0.6) is 0 Å². The number of hydrogen-bond donors (Lipinski definition) is 2. The van der Waals surface area contributed by atoms with E-state index >= 15 is 0 Å². The Labute approximate surface area is 97.9 Å². The lowest BCUT2D eigenvalue weighted by Gasteiger charge is -2.11. The molecule has 2 N–H and O–H groups in total. The van der Waals surface area contributed by atoms with Gasteiger partial charge < -0.3 is 10.2 Å². The second-order valence-corrected chi connectivity index (χ2v) is 4.23. The third-order valence-corrected chi connectivity index (χ3v) is 2.77. The second-order valence-electron chi connectivity index (χ2n) is 4.23. The van der Waals surface area contributed by atoms with Gasteiger partial charge in [-0.25, -0.2) is 0 Å². The highest BCUT2D eigenvalue weighted by atomic mass is 16.3. The summed E-state index contributed by atoms with van der Waals surface area (Å²) in [6.45, 7) is 2.34. The molecular formula is C14H22O2. The van der Waals surface area contributed by atoms with Crippen LogP contribution in [0.15, 0.2) is 24.3 Å². The van der Waals surface area contributed by atoms with Crippen LogP contribution in [0, 0.1) is 0 Å². The molecule has 0 bridgehead atoms. The molecule has 1 aromatic carbocycles. The summed E-state index contributed by atoms with van der Waals surface area (Å²) < 4.78 is 0. The van der Waals surface area contributed by atoms with Crippen molar-refractivity contribution in [2.24, 2.45) is 0 Å². The minimum Gasteiger partial charge on any atom is -0.396 e. The lowest BCUT2D eigenvalue weighted by atomic mass is 10.0. The van der Waals surface area contributed by atoms with Crippen molar-refractivity contribution in [3.63, 3.8) is 0 Å². The maximum Gasteiger partial charge on any atom is 0.0790 e. The average molecular weight is 222 g/mol. The fourth-order valence-electron chi connectivity index (χ4n) is 1.84. The molecule has 1 aromatic rings. The zero-order valence-corrected chi connectivity index (χ0v) is 10.0. The van der Waals surface area contributed by atoms with E-state index in [2.05, 4.69) is 19.1 Å². The highest BCUT2D eigenvalue weighted by Gasteiger charge is 2.06. The summed E-state index contributed by atoms with van der Waals surface area (Å²) in [4.78, 5) is 0. The number of aliphatic hydroxyl groups is 2. The fraction of sp³-hybridized carbons (Fsp3) is 0.571. The first-order valence-electron chi connectivity index (χ1n) is 6.15. The van der Waals surface area contributed by atoms with Gasteiger partial charge in [0.2, 0.25) is 0 Å². The molecule has 0 spiro atoms. The van der Waals surface area contributed by atoms with E-state index in [0.29, 0.717) is 0 Å². The number of benzene rings is 1. The first-order chi connectivity index (χ1) is 7.77. The molecule has 16 heavy (non-hydrogen) atoms. The van der Waals surface area contributed by atoms with Gasteiger partial charge in [-0.15, -0.1) is 0 Å². The first kappa shape index (κ1) is 13.2. The molecule has 0 radical (unpaired) electrons. The van der Waals surface area contributed by atoms with Crippen molar-refractivity contribution in [2.75, 3.05) is 6.61 Å². The van der Waals surface area contributed by atoms with Crippen LogP contribution in [0.1, 0.15) is 49.8 Å². The highest BCUT2D eigenvalue weighted by Crippen LogP contribution is 2.19. The van der Waals surface area contributed by atoms with Crippen LogP contribution in [0.4, 0.5) is 0 Å². The second kappa shape index (κ2) is 7.42. The summed E-state index contributed by atoms with van der Waals surface area (Å²) in [7, 11) is 0. The molecule has 90 valence electrons. The van der Waals surface area contributed by atoms with Gasteiger partial charge >= 0.3 is 0 Å². The zero-order chi connectivity index (χ0) is 11.8. The number of hydrogen-bond acceptors (Lipinski definition) is 2. The van der Waals surface area contributed by atoms with Crippen LogP contribution >= 0.6 is 0 Å². The van der Waals surface area contributed by atoms with E-state index in [0.717, 1.165) is 37.7 Å². The zero-order valence-electron chi connectivity index (χ0n) is 10.0. The van der Waals surface area contributed by atoms with Gasteiger partial charge in [-0.2, -0.15) is 0 Å². The lowest BCUT2D eigenvalue weighted by molar-refractivity contribution is 0.166. The Morgan fingerprint density at radius 1 is 1.25 bits per heavy atom. The summed E-state index contributed by atoms with van der Waals surface area (Å²) in [5.74, 6) is 0. The number of aryl methyl sites for hydroxylation is 1. The van der Waals surface area contributed by atoms with Gasteiger partial charge in [0.1, 0.15) is 0 Å². The Hall–Kier alpha value is -0.860.